The molecule has 1 aliphatic rings. The van der Waals surface area contributed by atoms with E-state index in [-0.39, 0.29) is 30.2 Å². The van der Waals surface area contributed by atoms with Crippen molar-refractivity contribution in [2.45, 2.75) is 70.4 Å². The summed E-state index contributed by atoms with van der Waals surface area (Å²) in [6.07, 6.45) is 4.01. The number of hydrogen-bond acceptors (Lipinski definition) is 8. The lowest BCUT2D eigenvalue weighted by atomic mass is 9.92. The van der Waals surface area contributed by atoms with Crippen LogP contribution in [0.15, 0.2) is 36.7 Å². The number of carbonyl (C=O) groups is 2. The van der Waals surface area contributed by atoms with E-state index in [1.165, 1.54) is 33.2 Å². The summed E-state index contributed by atoms with van der Waals surface area (Å²) in [6.45, 7) is 3.70. The number of aliphatic hydroxyl groups is 1. The van der Waals surface area contributed by atoms with Gasteiger partial charge in [0.25, 0.3) is 5.91 Å². The smallest absolute Gasteiger partial charge is 0.302 e. The van der Waals surface area contributed by atoms with E-state index in [4.69, 9.17) is 10.00 Å². The second-order valence-electron chi connectivity index (χ2n) is 10.1. The Bertz CT molecular complexity index is 1380. The summed E-state index contributed by atoms with van der Waals surface area (Å²) in [5.74, 6) is -0.871. The van der Waals surface area contributed by atoms with Gasteiger partial charge in [0.1, 0.15) is 18.3 Å². The summed E-state index contributed by atoms with van der Waals surface area (Å²) in [5, 5.41) is 29.3. The molecule has 3 N–H and O–H groups in total. The number of ether oxygens (including phenoxy) is 1. The number of anilines is 1. The zero-order chi connectivity index (χ0) is 27.4. The maximum absolute atomic E-state index is 14.3. The van der Waals surface area contributed by atoms with E-state index in [2.05, 4.69) is 26.8 Å². The van der Waals surface area contributed by atoms with Crippen molar-refractivity contribution in [3.8, 4) is 17.5 Å². The highest BCUT2D eigenvalue weighted by molar-refractivity contribution is 6.00. The molecule has 1 saturated carbocycles. The Morgan fingerprint density at radius 3 is 2.82 bits per heavy atom. The molecule has 10 nitrogen and oxygen atoms in total. The Kier molecular flexibility index (Phi) is 7.92. The Morgan fingerprint density at radius 1 is 1.32 bits per heavy atom. The maximum Gasteiger partial charge on any atom is 0.302 e. The highest BCUT2D eigenvalue weighted by Crippen LogP contribution is 2.29. The molecule has 0 saturated heterocycles. The lowest BCUT2D eigenvalue weighted by molar-refractivity contribution is -0.147. The fraction of sp³-hybridized carbons (Fsp3) is 0.444. The van der Waals surface area contributed by atoms with Crippen LogP contribution in [0.5, 0.6) is 0 Å². The molecule has 0 spiro atoms. The van der Waals surface area contributed by atoms with Crippen LogP contribution in [0, 0.1) is 11.3 Å². The number of aromatic nitrogens is 3. The Labute approximate surface area is 219 Å². The molecule has 1 amide bonds. The Hall–Kier alpha value is -4.04. The Balaban J connectivity index is 1.65. The van der Waals surface area contributed by atoms with Gasteiger partial charge in [-0.25, -0.2) is 8.91 Å². The van der Waals surface area contributed by atoms with Gasteiger partial charge in [-0.15, -0.1) is 0 Å². The fourth-order valence-corrected chi connectivity index (χ4v) is 4.52. The number of amides is 1. The number of nitriles is 1. The van der Waals surface area contributed by atoms with Gasteiger partial charge >= 0.3 is 5.97 Å². The van der Waals surface area contributed by atoms with Gasteiger partial charge < -0.3 is 20.5 Å². The molecule has 200 valence electrons. The van der Waals surface area contributed by atoms with E-state index in [9.17, 15) is 19.1 Å². The topological polar surface area (TPSA) is 142 Å². The zero-order valence-corrected chi connectivity index (χ0v) is 21.6. The first-order valence-electron chi connectivity index (χ1n) is 12.5. The lowest BCUT2D eigenvalue weighted by Gasteiger charge is -2.30. The second kappa shape index (κ2) is 11.1. The molecule has 11 heteroatoms. The molecule has 1 aliphatic carbocycles. The first kappa shape index (κ1) is 27.0. The number of rotatable bonds is 8. The molecule has 0 radical (unpaired) electrons. The number of carbonyl (C=O) groups excluding carboxylic acids is 2. The summed E-state index contributed by atoms with van der Waals surface area (Å²) < 4.78 is 21.4. The monoisotopic (exact) mass is 522 g/mol. The summed E-state index contributed by atoms with van der Waals surface area (Å²) in [7, 11) is 0. The number of nitrogens with zero attached hydrogens (tertiary/aromatic N) is 4. The van der Waals surface area contributed by atoms with Crippen molar-refractivity contribution >= 4 is 23.1 Å². The van der Waals surface area contributed by atoms with Crippen LogP contribution < -0.4 is 10.6 Å². The minimum atomic E-state index is -1.66. The van der Waals surface area contributed by atoms with Crippen molar-refractivity contribution in [2.75, 3.05) is 11.9 Å². The van der Waals surface area contributed by atoms with E-state index in [1.807, 2.05) is 12.1 Å². The van der Waals surface area contributed by atoms with Crippen molar-refractivity contribution < 1.29 is 23.8 Å². The minimum Gasteiger partial charge on any atom is -0.462 e. The summed E-state index contributed by atoms with van der Waals surface area (Å²) in [6, 6.07) is 9.09. The van der Waals surface area contributed by atoms with Crippen LogP contribution in [-0.4, -0.2) is 62.0 Å². The molecule has 3 atom stereocenters. The van der Waals surface area contributed by atoms with Crippen LogP contribution in [0.4, 0.5) is 10.1 Å². The van der Waals surface area contributed by atoms with Crippen LogP contribution in [0.1, 0.15) is 62.4 Å². The third-order valence-corrected chi connectivity index (χ3v) is 6.57. The van der Waals surface area contributed by atoms with Crippen molar-refractivity contribution in [2.24, 2.45) is 0 Å². The number of alkyl halides is 1. The number of hydrogen-bond donors (Lipinski definition) is 3. The van der Waals surface area contributed by atoms with Gasteiger partial charge in [0.05, 0.1) is 52.1 Å². The minimum absolute atomic E-state index is 0.0689. The molecule has 2 unspecified atom stereocenters. The van der Waals surface area contributed by atoms with E-state index in [0.717, 1.165) is 19.3 Å². The average molecular weight is 523 g/mol. The molecular weight excluding hydrogens is 491 g/mol. The number of fused-ring (bicyclic) bond motifs is 1. The molecule has 3 aromatic rings. The molecule has 38 heavy (non-hydrogen) atoms. The third-order valence-electron chi connectivity index (χ3n) is 6.57. The molecule has 0 bridgehead atoms. The summed E-state index contributed by atoms with van der Waals surface area (Å²) in [4.78, 5) is 29.0. The van der Waals surface area contributed by atoms with E-state index in [0.29, 0.717) is 34.6 Å². The largest absolute Gasteiger partial charge is 0.462 e. The van der Waals surface area contributed by atoms with Gasteiger partial charge in [0.15, 0.2) is 0 Å². The second-order valence-corrected chi connectivity index (χ2v) is 10.1. The fourth-order valence-electron chi connectivity index (χ4n) is 4.52. The summed E-state index contributed by atoms with van der Waals surface area (Å²) >= 11 is 0. The van der Waals surface area contributed by atoms with Gasteiger partial charge in [-0.2, -0.15) is 10.4 Å². The molecule has 4 rings (SSSR count). The van der Waals surface area contributed by atoms with Crippen molar-refractivity contribution in [3.63, 3.8) is 0 Å². The number of esters is 1. The highest BCUT2D eigenvalue weighted by atomic mass is 19.1. The van der Waals surface area contributed by atoms with Crippen LogP contribution in [0.25, 0.3) is 16.9 Å². The maximum atomic E-state index is 14.3. The van der Waals surface area contributed by atoms with Crippen LogP contribution >= 0.6 is 0 Å². The van der Waals surface area contributed by atoms with Crippen molar-refractivity contribution in [3.05, 3.63) is 47.8 Å². The number of halogens is 1. The molecule has 0 aliphatic heterocycles. The van der Waals surface area contributed by atoms with Crippen LogP contribution in [-0.2, 0) is 9.53 Å². The normalized spacial score (nSPS) is 18.4. The zero-order valence-electron chi connectivity index (χ0n) is 21.6. The molecule has 1 fully saturated rings. The van der Waals surface area contributed by atoms with Gasteiger partial charge in [0.2, 0.25) is 0 Å². The molecule has 3 heterocycles. The van der Waals surface area contributed by atoms with Crippen molar-refractivity contribution in [1.82, 2.24) is 19.9 Å². The Morgan fingerprint density at radius 2 is 2.11 bits per heavy atom. The van der Waals surface area contributed by atoms with E-state index < -0.39 is 17.7 Å². The van der Waals surface area contributed by atoms with Crippen molar-refractivity contribution in [1.29, 1.82) is 5.26 Å². The molecule has 0 aromatic carbocycles. The summed E-state index contributed by atoms with van der Waals surface area (Å²) in [5.41, 5.74) is 1.45. The average Bonchev–Trinajstić information content (AvgIpc) is 3.29. The molecule has 3 aromatic heterocycles. The highest BCUT2D eigenvalue weighted by Gasteiger charge is 2.28. The number of pyridine rings is 1. The van der Waals surface area contributed by atoms with Gasteiger partial charge in [-0.3, -0.25) is 14.6 Å². The lowest BCUT2D eigenvalue weighted by Crippen LogP contribution is -2.42. The SMILES string of the molecule is CC(=O)OC1CCCC(Nc2cc(-c3ccc4cc(C#N)cnn34)ncc2C(=O)NC[C@@H](F)C(C)(C)O)C1. The van der Waals surface area contributed by atoms with E-state index in [1.54, 1.807) is 16.6 Å². The first-order chi connectivity index (χ1) is 18.0. The van der Waals surface area contributed by atoms with Crippen LogP contribution in [0.3, 0.4) is 0 Å². The third kappa shape index (κ3) is 6.26. The molecular formula is C27H31FN6O4. The predicted molar refractivity (Wildman–Crippen MR) is 138 cm³/mol. The quantitative estimate of drug-likeness (QED) is 0.382. The van der Waals surface area contributed by atoms with E-state index >= 15 is 0 Å². The van der Waals surface area contributed by atoms with Gasteiger partial charge in [-0.1, -0.05) is 0 Å². The predicted octanol–water partition coefficient (Wildman–Crippen LogP) is 3.39. The van der Waals surface area contributed by atoms with Crippen LogP contribution in [0.2, 0.25) is 0 Å². The number of nitrogens with one attached hydrogen (secondary N) is 2. The first-order valence-corrected chi connectivity index (χ1v) is 12.5. The van der Waals surface area contributed by atoms with Gasteiger partial charge in [0, 0.05) is 25.6 Å². The standard InChI is InChI=1S/C27H31FN6O4/c1-16(35)38-20-6-4-5-18(10-20)33-22-11-23(24-8-7-19-9-17(12-29)13-32-34(19)24)30-14-21(22)26(36)31-15-25(28)27(2,3)37/h7-9,11,13-14,18,20,25,37H,4-6,10,15H2,1-3H3,(H,30,33)(H,31,36)/t18?,20?,25-/m1/s1. The van der Waals surface area contributed by atoms with Gasteiger partial charge in [-0.05, 0) is 57.4 Å².